The number of aromatic amines is 1. The van der Waals surface area contributed by atoms with Crippen LogP contribution < -0.4 is 42.6 Å². The fourth-order valence-corrected chi connectivity index (χ4v) is 14.6. The quantitative estimate of drug-likeness (QED) is 0.0363. The van der Waals surface area contributed by atoms with Crippen LogP contribution in [0.5, 0.6) is 0 Å². The van der Waals surface area contributed by atoms with Gasteiger partial charge in [-0.15, -0.1) is 21.5 Å². The number of thioether (sulfide) groups is 1. The number of hydrogen-bond acceptors (Lipinski definition) is 19. The van der Waals surface area contributed by atoms with Crippen molar-refractivity contribution in [3.63, 3.8) is 0 Å². The van der Waals surface area contributed by atoms with Crippen molar-refractivity contribution < 1.29 is 38.4 Å². The van der Waals surface area contributed by atoms with Crippen LogP contribution in [0, 0.1) is 0 Å². The summed E-state index contributed by atoms with van der Waals surface area (Å²) in [4.78, 5) is 132. The van der Waals surface area contributed by atoms with Crippen molar-refractivity contribution in [1.82, 2.24) is 55.1 Å². The fourth-order valence-electron chi connectivity index (χ4n) is 11.4. The van der Waals surface area contributed by atoms with Gasteiger partial charge < -0.3 is 31.6 Å². The van der Waals surface area contributed by atoms with Gasteiger partial charge >= 0.3 is 0 Å². The molecule has 16 rings (SSSR count). The number of carbonyl (C=O) groups excluding carboxylic acids is 8. The normalized spacial score (nSPS) is 11.1. The van der Waals surface area contributed by atoms with Crippen LogP contribution >= 0.6 is 116 Å². The molecule has 0 aliphatic carbocycles. The van der Waals surface area contributed by atoms with E-state index in [9.17, 15) is 38.4 Å². The maximum absolute atomic E-state index is 12.8. The number of thiazole rings is 1. The number of amides is 8. The van der Waals surface area contributed by atoms with Crippen LogP contribution in [0.25, 0.3) is 45.0 Å². The smallest absolute Gasteiger partial charge is 0.270 e. The molecule has 37 heteroatoms. The minimum atomic E-state index is -0.426. The third kappa shape index (κ3) is 23.6. The van der Waals surface area contributed by atoms with Crippen molar-refractivity contribution in [3.05, 3.63) is 364 Å². The number of benzene rings is 8. The number of aliphatic imine (C=N–C) groups is 1. The molecule has 0 fully saturated rings. The topological polar surface area (TPSA) is 369 Å². The van der Waals surface area contributed by atoms with Gasteiger partial charge in [0, 0.05) is 122 Å². The summed E-state index contributed by atoms with van der Waals surface area (Å²) in [6, 6.07) is 60.3. The van der Waals surface area contributed by atoms with E-state index in [2.05, 4.69) is 92.7 Å². The summed E-state index contributed by atoms with van der Waals surface area (Å²) < 4.78 is 1.30. The van der Waals surface area contributed by atoms with Gasteiger partial charge in [0.05, 0.1) is 91.8 Å². The van der Waals surface area contributed by atoms with E-state index in [1.165, 1.54) is 113 Å². The molecule has 0 bridgehead atoms. The second kappa shape index (κ2) is 42.3. The Balaban J connectivity index is 0.000000142. The van der Waals surface area contributed by atoms with Gasteiger partial charge in [-0.1, -0.05) is 129 Å². The number of nitrogens with one attached hydrogen (secondary N) is 9. The fraction of sp³-hybridized carbons (Fsp3) is 0.0230. The van der Waals surface area contributed by atoms with Crippen LogP contribution in [0.4, 0.5) is 33.8 Å². The number of imidazole rings is 1. The number of hydrogen-bond donors (Lipinski definition) is 9. The standard InChI is InChI=1S/C22H15Cl2N5O2.C22H16Cl2N4O2S.C22H14Cl2N4O2S.C21H14Cl2N6O2/c23-17-7-5-14(12-16(17)19-3-1-2-8-25-19)28-21(31)15-6-4-13(11-18(15)24)20(30)29-22-26-9-10-27-22;2*23-17-7-5-14(12-16(17)19-3-1-2-8-25-19)27-21(30)15-6-4-13(11-18(15)24)20(29)28-22-26-9-10-31-22;22-17-7-5-14(10-16(17)19-3-1-2-8-24-19)27-21(31)15-6-4-13(9-18(15)23)20(30)28-29-11-25-26-12-29/h1-12H,(H,28,31)(H2,26,27,29,30);1-8,11-12H,9-10H2,(H,27,30)(H,26,28,29);1-12H,(H,27,30)(H,26,28,29);1-12H,(H,27,31)(H,28,30). The average molecular weight is 1850 g/mol. The molecule has 618 valence electrons. The summed E-state index contributed by atoms with van der Waals surface area (Å²) >= 11 is 53.1. The van der Waals surface area contributed by atoms with Gasteiger partial charge in [0.2, 0.25) is 5.95 Å². The van der Waals surface area contributed by atoms with E-state index in [-0.39, 0.29) is 59.7 Å². The molecule has 0 saturated heterocycles. The molecular weight excluding hydrogens is 1790 g/mol. The van der Waals surface area contributed by atoms with E-state index in [0.29, 0.717) is 127 Å². The Morgan fingerprint density at radius 3 is 0.992 bits per heavy atom. The minimum absolute atomic E-state index is 0.132. The minimum Gasteiger partial charge on any atom is -0.331 e. The summed E-state index contributed by atoms with van der Waals surface area (Å²) in [7, 11) is 0. The van der Waals surface area contributed by atoms with Crippen LogP contribution in [-0.4, -0.2) is 114 Å². The summed E-state index contributed by atoms with van der Waals surface area (Å²) in [6.07, 6.45) is 14.1. The summed E-state index contributed by atoms with van der Waals surface area (Å²) in [5.41, 5.74) is 12.4. The predicted octanol–water partition coefficient (Wildman–Crippen LogP) is 20.7. The largest absolute Gasteiger partial charge is 0.331 e. The number of amidine groups is 1. The number of pyridine rings is 4. The van der Waals surface area contributed by atoms with Gasteiger partial charge in [-0.25, -0.2) is 14.6 Å². The number of anilines is 6. The molecule has 27 nitrogen and oxygen atoms in total. The highest BCUT2D eigenvalue weighted by Gasteiger charge is 2.23. The zero-order valence-corrected chi connectivity index (χ0v) is 71.2. The molecule has 8 aromatic carbocycles. The Morgan fingerprint density at radius 2 is 0.685 bits per heavy atom. The molecule has 7 aromatic heterocycles. The maximum atomic E-state index is 12.8. The van der Waals surface area contributed by atoms with Crippen molar-refractivity contribution in [2.45, 2.75) is 0 Å². The Hall–Kier alpha value is -13.6. The van der Waals surface area contributed by atoms with Gasteiger partial charge in [0.15, 0.2) is 10.3 Å². The van der Waals surface area contributed by atoms with Crippen molar-refractivity contribution >= 4 is 202 Å². The molecule has 1 aliphatic heterocycles. The first-order valence-corrected chi connectivity index (χ1v) is 41.4. The summed E-state index contributed by atoms with van der Waals surface area (Å²) in [5, 5.41) is 31.9. The van der Waals surface area contributed by atoms with Crippen LogP contribution in [0.1, 0.15) is 82.9 Å². The molecule has 0 saturated carbocycles. The number of carbonyl (C=O) groups is 8. The van der Waals surface area contributed by atoms with E-state index < -0.39 is 35.4 Å². The van der Waals surface area contributed by atoms with Crippen LogP contribution in [0.3, 0.4) is 0 Å². The highest BCUT2D eigenvalue weighted by Crippen LogP contribution is 2.36. The zero-order chi connectivity index (χ0) is 87.2. The third-order valence-electron chi connectivity index (χ3n) is 17.4. The number of halogens is 8. The first-order valence-electron chi connectivity index (χ1n) is 36.5. The highest BCUT2D eigenvalue weighted by atomic mass is 35.5. The van der Waals surface area contributed by atoms with Gasteiger partial charge in [-0.3, -0.25) is 79.3 Å². The van der Waals surface area contributed by atoms with Crippen LogP contribution in [0.15, 0.2) is 285 Å². The highest BCUT2D eigenvalue weighted by molar-refractivity contribution is 8.14. The number of nitrogens with zero attached hydrogens (tertiary/aromatic N) is 10. The number of rotatable bonds is 19. The van der Waals surface area contributed by atoms with Gasteiger partial charge in [0.25, 0.3) is 47.3 Å². The lowest BCUT2D eigenvalue weighted by atomic mass is 10.1. The molecule has 0 atom stereocenters. The molecule has 8 amide bonds. The summed E-state index contributed by atoms with van der Waals surface area (Å²) in [5.74, 6) is -2.00. The van der Waals surface area contributed by atoms with Gasteiger partial charge in [0.1, 0.15) is 12.7 Å². The van der Waals surface area contributed by atoms with E-state index in [1.807, 2.05) is 66.7 Å². The summed E-state index contributed by atoms with van der Waals surface area (Å²) in [6.45, 7) is 0.687. The number of H-pyrrole nitrogens is 1. The SMILES string of the molecule is O=C(NC1=NCCS1)c1ccc(C(=O)Nc2ccc(Cl)c(-c3ccccn3)c2)c(Cl)c1.O=C(Nc1ncc[nH]1)c1ccc(C(=O)Nc2ccc(Cl)c(-c3ccccn3)c2)c(Cl)c1.O=C(Nc1nccs1)c1ccc(C(=O)Nc2ccc(Cl)c(-c3ccccn3)c2)c(Cl)c1.O=C(Nn1cnnc1)c1ccc(C(=O)Nc2ccc(Cl)c(-c3ccccn3)c2)c(Cl)c1. The second-order valence-electron chi connectivity index (χ2n) is 25.7. The molecular formula is C87H59Cl8N19O8S2. The van der Waals surface area contributed by atoms with Crippen LogP contribution in [-0.2, 0) is 0 Å². The van der Waals surface area contributed by atoms with E-state index >= 15 is 0 Å². The maximum Gasteiger partial charge on any atom is 0.270 e. The molecule has 15 aromatic rings. The van der Waals surface area contributed by atoms with Crippen molar-refractivity contribution in [1.29, 1.82) is 0 Å². The van der Waals surface area contributed by atoms with E-state index in [4.69, 9.17) is 92.8 Å². The third-order valence-corrected chi connectivity index (χ3v) is 21.6. The molecule has 0 spiro atoms. The Kier molecular flexibility index (Phi) is 30.1. The first kappa shape index (κ1) is 88.2. The van der Waals surface area contributed by atoms with E-state index in [0.717, 1.165) is 5.75 Å². The Bertz CT molecular complexity index is 6010. The lowest BCUT2D eigenvalue weighted by Gasteiger charge is -2.11. The molecule has 8 heterocycles. The molecule has 0 unspecified atom stereocenters. The molecule has 0 radical (unpaired) electrons. The second-order valence-corrected chi connectivity index (χ2v) is 31.0. The monoisotopic (exact) mass is 1840 g/mol. The van der Waals surface area contributed by atoms with Crippen molar-refractivity contribution in [3.8, 4) is 45.0 Å². The Labute approximate surface area is 753 Å². The van der Waals surface area contributed by atoms with Gasteiger partial charge in [-0.05, 0) is 194 Å². The van der Waals surface area contributed by atoms with Crippen molar-refractivity contribution in [2.24, 2.45) is 4.99 Å². The molecule has 9 N–H and O–H groups in total. The molecule has 1 aliphatic rings. The van der Waals surface area contributed by atoms with Gasteiger partial charge in [-0.2, -0.15) is 0 Å². The average Bonchev–Trinajstić information content (AvgIpc) is 1.52. The number of aromatic nitrogens is 10. The van der Waals surface area contributed by atoms with E-state index in [1.54, 1.807) is 127 Å². The van der Waals surface area contributed by atoms with Crippen molar-refractivity contribution in [2.75, 3.05) is 49.6 Å². The predicted molar refractivity (Wildman–Crippen MR) is 489 cm³/mol. The lowest BCUT2D eigenvalue weighted by molar-refractivity contribution is 0.0972. The van der Waals surface area contributed by atoms with Crippen LogP contribution in [0.2, 0.25) is 40.2 Å². The Morgan fingerprint density at radius 1 is 0.331 bits per heavy atom. The first-order chi connectivity index (χ1) is 60.0. The zero-order valence-electron chi connectivity index (χ0n) is 63.6. The molecule has 124 heavy (non-hydrogen) atoms. The lowest BCUT2D eigenvalue weighted by Crippen LogP contribution is -2.27.